The Morgan fingerprint density at radius 1 is 1.00 bits per heavy atom. The van der Waals surface area contributed by atoms with Crippen LogP contribution in [0.1, 0.15) is 47.1 Å². The van der Waals surface area contributed by atoms with Crippen LogP contribution < -0.4 is 16.0 Å². The van der Waals surface area contributed by atoms with Gasteiger partial charge in [-0.1, -0.05) is 12.1 Å². The summed E-state index contributed by atoms with van der Waals surface area (Å²) in [7, 11) is 0. The van der Waals surface area contributed by atoms with E-state index in [0.717, 1.165) is 5.56 Å². The van der Waals surface area contributed by atoms with Crippen LogP contribution >= 0.6 is 0 Å². The molecular weight excluding hydrogens is 364 g/mol. The van der Waals surface area contributed by atoms with Crippen LogP contribution in [0.3, 0.4) is 0 Å². The number of benzene rings is 1. The van der Waals surface area contributed by atoms with E-state index in [1.807, 2.05) is 0 Å². The highest BCUT2D eigenvalue weighted by molar-refractivity contribution is 5.98. The van der Waals surface area contributed by atoms with Gasteiger partial charge in [0.15, 0.2) is 0 Å². The van der Waals surface area contributed by atoms with E-state index in [1.165, 1.54) is 0 Å². The highest BCUT2D eigenvalue weighted by atomic mass is 16.6. The number of guanidine groups is 1. The maximum Gasteiger partial charge on any atom is 0.437 e. The Labute approximate surface area is 164 Å². The second-order valence-electron chi connectivity index (χ2n) is 7.88. The molecule has 1 aromatic carbocycles. The molecule has 3 N–H and O–H groups in total. The molecule has 9 heteroatoms. The molecule has 1 rings (SSSR count). The van der Waals surface area contributed by atoms with Gasteiger partial charge in [0.2, 0.25) is 12.4 Å². The molecule has 0 spiro atoms. The third-order valence-corrected chi connectivity index (χ3v) is 2.86. The van der Waals surface area contributed by atoms with Crippen LogP contribution in [-0.4, -0.2) is 35.8 Å². The van der Waals surface area contributed by atoms with Gasteiger partial charge in [0.25, 0.3) is 0 Å². The van der Waals surface area contributed by atoms with E-state index < -0.39 is 23.4 Å². The topological polar surface area (TPSA) is 118 Å². The van der Waals surface area contributed by atoms with Gasteiger partial charge in [-0.2, -0.15) is 0 Å². The van der Waals surface area contributed by atoms with Gasteiger partial charge in [0.1, 0.15) is 11.2 Å². The highest BCUT2D eigenvalue weighted by Gasteiger charge is 2.20. The fraction of sp³-hybridized carbons (Fsp3) is 0.474. The maximum atomic E-state index is 12.0. The zero-order valence-corrected chi connectivity index (χ0v) is 17.1. The predicted molar refractivity (Wildman–Crippen MR) is 106 cm³/mol. The van der Waals surface area contributed by atoms with E-state index in [1.54, 1.807) is 65.8 Å². The molecule has 0 fully saturated rings. The SMILES string of the molecule is CC(C)(C)OC(=O)/N=C(\NCc1ccc(NC=O)cc1)NC(=O)OC(C)(C)C. The van der Waals surface area contributed by atoms with Crippen LogP contribution in [0.15, 0.2) is 29.3 Å². The van der Waals surface area contributed by atoms with Crippen molar-refractivity contribution in [3.63, 3.8) is 0 Å². The van der Waals surface area contributed by atoms with Crippen LogP contribution in [-0.2, 0) is 20.8 Å². The minimum absolute atomic E-state index is 0.0985. The Morgan fingerprint density at radius 2 is 1.57 bits per heavy atom. The molecule has 0 heterocycles. The number of alkyl carbamates (subject to hydrolysis) is 1. The van der Waals surface area contributed by atoms with Crippen LogP contribution in [0, 0.1) is 0 Å². The standard InChI is InChI=1S/C19H28N4O5/c1-18(2,3)27-16(25)22-15(23-17(26)28-19(4,5)6)20-11-13-7-9-14(10-8-13)21-12-24/h7-10,12H,11H2,1-6H3,(H,21,24)(H2,20,22,23,25,26). The second-order valence-corrected chi connectivity index (χ2v) is 7.88. The van der Waals surface area contributed by atoms with E-state index in [-0.39, 0.29) is 12.5 Å². The zero-order chi connectivity index (χ0) is 21.4. The molecule has 0 aliphatic carbocycles. The number of hydrogen-bond acceptors (Lipinski definition) is 5. The third kappa shape index (κ3) is 10.1. The van der Waals surface area contributed by atoms with Gasteiger partial charge < -0.3 is 20.1 Å². The van der Waals surface area contributed by atoms with E-state index in [0.29, 0.717) is 12.1 Å². The van der Waals surface area contributed by atoms with Crippen molar-refractivity contribution >= 4 is 30.2 Å². The Balaban J connectivity index is 2.85. The van der Waals surface area contributed by atoms with Gasteiger partial charge >= 0.3 is 12.2 Å². The van der Waals surface area contributed by atoms with Gasteiger partial charge in [-0.3, -0.25) is 10.1 Å². The van der Waals surface area contributed by atoms with Crippen molar-refractivity contribution in [3.8, 4) is 0 Å². The summed E-state index contributed by atoms with van der Waals surface area (Å²) in [5.74, 6) is -0.0985. The van der Waals surface area contributed by atoms with Gasteiger partial charge in [0, 0.05) is 12.2 Å². The first-order valence-corrected chi connectivity index (χ1v) is 8.72. The molecule has 0 saturated heterocycles. The number of nitrogens with one attached hydrogen (secondary N) is 3. The molecule has 0 saturated carbocycles. The summed E-state index contributed by atoms with van der Waals surface area (Å²) in [6.45, 7) is 10.6. The van der Waals surface area contributed by atoms with Crippen molar-refractivity contribution < 1.29 is 23.9 Å². The molecule has 0 radical (unpaired) electrons. The molecular formula is C19H28N4O5. The molecule has 9 nitrogen and oxygen atoms in total. The normalized spacial score (nSPS) is 12.0. The summed E-state index contributed by atoms with van der Waals surface area (Å²) >= 11 is 0. The second kappa shape index (κ2) is 9.72. The summed E-state index contributed by atoms with van der Waals surface area (Å²) in [5.41, 5.74) is 0.0502. The van der Waals surface area contributed by atoms with Gasteiger partial charge in [0.05, 0.1) is 0 Å². The van der Waals surface area contributed by atoms with Crippen LogP contribution in [0.4, 0.5) is 15.3 Å². The number of ether oxygens (including phenoxy) is 2. The lowest BCUT2D eigenvalue weighted by atomic mass is 10.2. The van der Waals surface area contributed by atoms with Crippen molar-refractivity contribution in [1.82, 2.24) is 10.6 Å². The molecule has 28 heavy (non-hydrogen) atoms. The Morgan fingerprint density at radius 3 is 2.07 bits per heavy atom. The third-order valence-electron chi connectivity index (χ3n) is 2.86. The number of amides is 3. The van der Waals surface area contributed by atoms with Gasteiger partial charge in [-0.25, -0.2) is 9.59 Å². The number of aliphatic imine (C=N–C) groups is 1. The predicted octanol–water partition coefficient (Wildman–Crippen LogP) is 3.16. The van der Waals surface area contributed by atoms with Crippen molar-refractivity contribution in [1.29, 1.82) is 0 Å². The monoisotopic (exact) mass is 392 g/mol. The van der Waals surface area contributed by atoms with Crippen LogP contribution in [0.5, 0.6) is 0 Å². The Kier molecular flexibility index (Phi) is 7.97. The summed E-state index contributed by atoms with van der Waals surface area (Å²) in [6.07, 6.45) is -1.02. The first-order chi connectivity index (χ1) is 12.9. The molecule has 154 valence electrons. The van der Waals surface area contributed by atoms with E-state index in [2.05, 4.69) is 20.9 Å². The van der Waals surface area contributed by atoms with Crippen molar-refractivity contribution in [2.75, 3.05) is 5.32 Å². The number of rotatable bonds is 4. The average Bonchev–Trinajstić information content (AvgIpc) is 2.50. The molecule has 0 aliphatic heterocycles. The lowest BCUT2D eigenvalue weighted by molar-refractivity contribution is -0.105. The largest absolute Gasteiger partial charge is 0.444 e. The lowest BCUT2D eigenvalue weighted by Crippen LogP contribution is -2.44. The van der Waals surface area contributed by atoms with Crippen molar-refractivity contribution in [3.05, 3.63) is 29.8 Å². The number of anilines is 1. The van der Waals surface area contributed by atoms with Crippen molar-refractivity contribution in [2.24, 2.45) is 4.99 Å². The molecule has 0 aliphatic rings. The minimum atomic E-state index is -0.850. The Bertz CT molecular complexity index is 715. The number of nitrogens with zero attached hydrogens (tertiary/aromatic N) is 1. The average molecular weight is 392 g/mol. The lowest BCUT2D eigenvalue weighted by Gasteiger charge is -2.21. The summed E-state index contributed by atoms with van der Waals surface area (Å²) in [4.78, 5) is 38.2. The summed E-state index contributed by atoms with van der Waals surface area (Å²) in [5, 5.41) is 7.81. The molecule has 1 aromatic rings. The molecule has 0 atom stereocenters. The minimum Gasteiger partial charge on any atom is -0.444 e. The highest BCUT2D eigenvalue weighted by Crippen LogP contribution is 2.10. The smallest absolute Gasteiger partial charge is 0.437 e. The quantitative estimate of drug-likeness (QED) is 0.411. The number of hydrogen-bond donors (Lipinski definition) is 3. The summed E-state index contributed by atoms with van der Waals surface area (Å²) in [6, 6.07) is 6.99. The zero-order valence-electron chi connectivity index (χ0n) is 17.1. The first-order valence-electron chi connectivity index (χ1n) is 8.72. The van der Waals surface area contributed by atoms with Gasteiger partial charge in [-0.15, -0.1) is 4.99 Å². The molecule has 3 amide bonds. The Hall–Kier alpha value is -3.10. The number of carbonyl (C=O) groups excluding carboxylic acids is 3. The molecule has 0 unspecified atom stereocenters. The fourth-order valence-corrected chi connectivity index (χ4v) is 1.86. The van der Waals surface area contributed by atoms with E-state index >= 15 is 0 Å². The van der Waals surface area contributed by atoms with Crippen molar-refractivity contribution in [2.45, 2.75) is 59.3 Å². The summed E-state index contributed by atoms with van der Waals surface area (Å²) < 4.78 is 10.3. The fourth-order valence-electron chi connectivity index (χ4n) is 1.86. The molecule has 0 bridgehead atoms. The maximum absolute atomic E-state index is 12.0. The molecule has 0 aromatic heterocycles. The van der Waals surface area contributed by atoms with E-state index in [9.17, 15) is 14.4 Å². The first kappa shape index (κ1) is 22.9. The van der Waals surface area contributed by atoms with Crippen LogP contribution in [0.2, 0.25) is 0 Å². The van der Waals surface area contributed by atoms with E-state index in [4.69, 9.17) is 9.47 Å². The number of carbonyl (C=O) groups is 3. The van der Waals surface area contributed by atoms with Crippen LogP contribution in [0.25, 0.3) is 0 Å². The van der Waals surface area contributed by atoms with Gasteiger partial charge in [-0.05, 0) is 59.2 Å².